The van der Waals surface area contributed by atoms with Crippen molar-refractivity contribution in [2.45, 2.75) is 50.9 Å². The number of Topliss-reactive ketones (excluding diaryl/α,β-unsaturated/α-hetero) is 4. The summed E-state index contributed by atoms with van der Waals surface area (Å²) in [5.74, 6) is -13.9. The number of nitrogens with two attached hydrogens (primary N) is 1. The van der Waals surface area contributed by atoms with Crippen LogP contribution in [0.2, 0.25) is 0 Å². The van der Waals surface area contributed by atoms with E-state index < -0.39 is 93.4 Å². The van der Waals surface area contributed by atoms with Gasteiger partial charge in [0, 0.05) is 23.6 Å². The zero-order valence-electron chi connectivity index (χ0n) is 23.4. The molecule has 1 aromatic carbocycles. The number of carbonyl (C=O) groups is 6. The Balaban J connectivity index is 1.65. The summed E-state index contributed by atoms with van der Waals surface area (Å²) >= 11 is 0. The summed E-state index contributed by atoms with van der Waals surface area (Å²) in [4.78, 5) is 82.5. The first-order valence-electron chi connectivity index (χ1n) is 13.5. The van der Waals surface area contributed by atoms with Crippen LogP contribution in [0.5, 0.6) is 5.75 Å². The molecule has 0 aromatic heterocycles. The van der Waals surface area contributed by atoms with Gasteiger partial charge in [-0.2, -0.15) is 0 Å². The first-order chi connectivity index (χ1) is 19.0. The Bertz CT molecular complexity index is 1440. The van der Waals surface area contributed by atoms with Gasteiger partial charge in [0.25, 0.3) is 0 Å². The standard InChI is InChI=1S/C28H33FN4O8/c1-9(2)19-27(40)31-18-12(8-33(19)5)17(29)11-6-10-7-13-20(32(3)4)23(36)16(26(30)39)25(38)28(13,41)24(37)14(10)21(34)15(11)22(18)35/h9-10,13-14,16,19-20,35,41H,6-8H2,1-5H3,(H2,30,39)(H,31,40)/t10-,13-,14?,16?,19-,20-,28-/m0/s1. The van der Waals surface area contributed by atoms with Crippen molar-refractivity contribution in [1.29, 1.82) is 0 Å². The fourth-order valence-corrected chi connectivity index (χ4v) is 7.59. The average molecular weight is 573 g/mol. The molecule has 2 fully saturated rings. The third kappa shape index (κ3) is 3.82. The first-order valence-corrected chi connectivity index (χ1v) is 13.5. The van der Waals surface area contributed by atoms with E-state index in [1.54, 1.807) is 11.9 Å². The van der Waals surface area contributed by atoms with Crippen LogP contribution in [0.15, 0.2) is 0 Å². The van der Waals surface area contributed by atoms with Crippen molar-refractivity contribution in [1.82, 2.24) is 9.80 Å². The second-order valence-corrected chi connectivity index (χ2v) is 12.3. The van der Waals surface area contributed by atoms with Gasteiger partial charge in [-0.3, -0.25) is 38.6 Å². The van der Waals surface area contributed by atoms with E-state index in [1.807, 2.05) is 13.8 Å². The first kappa shape index (κ1) is 29.0. The predicted octanol–water partition coefficient (Wildman–Crippen LogP) is -0.585. The van der Waals surface area contributed by atoms with Crippen LogP contribution in [-0.4, -0.2) is 93.8 Å². The number of fused-ring (bicyclic) bond motifs is 4. The number of aliphatic hydroxyl groups is 1. The summed E-state index contributed by atoms with van der Waals surface area (Å²) in [5, 5.41) is 25.4. The molecular weight excluding hydrogens is 539 g/mol. The van der Waals surface area contributed by atoms with Crippen molar-refractivity contribution >= 4 is 40.6 Å². The minimum atomic E-state index is -2.88. The maximum Gasteiger partial charge on any atom is 0.242 e. The lowest BCUT2D eigenvalue weighted by Gasteiger charge is -2.52. The number of nitrogens with zero attached hydrogens (tertiary/aromatic N) is 2. The SMILES string of the molecule is CC(C)[C@H]1C(=O)Nc2c(O)c3c(c(F)c2CN1C)C[C@H]1C[C@H]2[C@H](N(C)C)C(=O)C(C(N)=O)C(=O)[C@@]2(O)C(=O)C1C3=O. The van der Waals surface area contributed by atoms with Crippen molar-refractivity contribution in [3.8, 4) is 5.75 Å². The molecule has 0 spiro atoms. The van der Waals surface area contributed by atoms with E-state index in [2.05, 4.69) is 5.32 Å². The van der Waals surface area contributed by atoms with Crippen molar-refractivity contribution in [2.24, 2.45) is 35.3 Å². The van der Waals surface area contributed by atoms with Gasteiger partial charge in [-0.1, -0.05) is 13.8 Å². The molecule has 2 saturated carbocycles. The highest BCUT2D eigenvalue weighted by molar-refractivity contribution is 6.32. The number of hydrogen-bond acceptors (Lipinski definition) is 10. The molecule has 5 rings (SSSR count). The summed E-state index contributed by atoms with van der Waals surface area (Å²) in [7, 11) is 4.61. The Hall–Kier alpha value is -3.55. The molecule has 2 unspecified atom stereocenters. The number of benzene rings is 1. The third-order valence-corrected chi connectivity index (χ3v) is 9.29. The zero-order chi connectivity index (χ0) is 30.5. The van der Waals surface area contributed by atoms with Crippen LogP contribution < -0.4 is 11.1 Å². The molecule has 7 atom stereocenters. The van der Waals surface area contributed by atoms with Crippen molar-refractivity contribution in [2.75, 3.05) is 26.5 Å². The average Bonchev–Trinajstić information content (AvgIpc) is 2.99. The van der Waals surface area contributed by atoms with Gasteiger partial charge < -0.3 is 21.3 Å². The number of primary amides is 1. The molecule has 13 heteroatoms. The van der Waals surface area contributed by atoms with Crippen molar-refractivity contribution in [3.05, 3.63) is 22.5 Å². The second-order valence-electron chi connectivity index (χ2n) is 12.3. The van der Waals surface area contributed by atoms with Gasteiger partial charge in [0.2, 0.25) is 11.8 Å². The van der Waals surface area contributed by atoms with E-state index in [-0.39, 0.29) is 42.1 Å². The highest BCUT2D eigenvalue weighted by Gasteiger charge is 2.69. The number of rotatable bonds is 3. The smallest absolute Gasteiger partial charge is 0.242 e. The molecule has 41 heavy (non-hydrogen) atoms. The Morgan fingerprint density at radius 2 is 1.78 bits per heavy atom. The number of ketones is 4. The van der Waals surface area contributed by atoms with Crippen LogP contribution in [0.3, 0.4) is 0 Å². The molecule has 2 amide bonds. The molecule has 5 N–H and O–H groups in total. The minimum Gasteiger partial charge on any atom is -0.505 e. The van der Waals surface area contributed by atoms with Gasteiger partial charge in [-0.25, -0.2) is 4.39 Å². The molecular formula is C28H33FN4O8. The van der Waals surface area contributed by atoms with E-state index >= 15 is 4.39 Å². The minimum absolute atomic E-state index is 0.0105. The van der Waals surface area contributed by atoms with Gasteiger partial charge in [0.05, 0.1) is 29.3 Å². The normalized spacial score (nSPS) is 33.6. The maximum atomic E-state index is 16.2. The van der Waals surface area contributed by atoms with E-state index in [1.165, 1.54) is 19.0 Å². The highest BCUT2D eigenvalue weighted by Crippen LogP contribution is 2.52. The fraction of sp³-hybridized carbons (Fsp3) is 0.571. The molecule has 4 aliphatic rings. The summed E-state index contributed by atoms with van der Waals surface area (Å²) < 4.78 is 16.2. The number of phenolic OH excluding ortho intramolecular Hbond substituents is 1. The van der Waals surface area contributed by atoms with E-state index in [0.717, 1.165) is 0 Å². The van der Waals surface area contributed by atoms with Gasteiger partial charge in [-0.05, 0) is 45.8 Å². The highest BCUT2D eigenvalue weighted by atomic mass is 19.1. The largest absolute Gasteiger partial charge is 0.505 e. The molecule has 0 bridgehead atoms. The lowest BCUT2D eigenvalue weighted by molar-refractivity contribution is -0.181. The van der Waals surface area contributed by atoms with E-state index in [4.69, 9.17) is 5.73 Å². The molecule has 0 radical (unpaired) electrons. The second kappa shape index (κ2) is 9.50. The number of anilines is 1. The molecule has 1 aromatic rings. The Kier molecular flexibility index (Phi) is 6.71. The molecule has 3 aliphatic carbocycles. The zero-order valence-corrected chi connectivity index (χ0v) is 23.4. The number of hydrogen-bond donors (Lipinski definition) is 4. The fourth-order valence-electron chi connectivity index (χ4n) is 7.59. The summed E-state index contributed by atoms with van der Waals surface area (Å²) in [6.45, 7) is 3.59. The summed E-state index contributed by atoms with van der Waals surface area (Å²) in [5.41, 5.74) is 1.53. The molecule has 1 heterocycles. The van der Waals surface area contributed by atoms with Gasteiger partial charge >= 0.3 is 0 Å². The van der Waals surface area contributed by atoms with Gasteiger partial charge in [0.15, 0.2) is 40.4 Å². The Labute approximate surface area is 235 Å². The molecule has 1 aliphatic heterocycles. The van der Waals surface area contributed by atoms with Crippen LogP contribution in [0.1, 0.15) is 41.8 Å². The monoisotopic (exact) mass is 572 g/mol. The lowest BCUT2D eigenvalue weighted by atomic mass is 9.52. The van der Waals surface area contributed by atoms with Crippen LogP contribution >= 0.6 is 0 Å². The van der Waals surface area contributed by atoms with Crippen LogP contribution in [0, 0.1) is 35.4 Å². The van der Waals surface area contributed by atoms with Crippen molar-refractivity contribution < 1.29 is 43.4 Å². The molecule has 220 valence electrons. The number of halogens is 1. The number of carbonyl (C=O) groups excluding carboxylic acids is 6. The van der Waals surface area contributed by atoms with E-state index in [9.17, 15) is 39.0 Å². The Morgan fingerprint density at radius 3 is 2.34 bits per heavy atom. The van der Waals surface area contributed by atoms with Crippen molar-refractivity contribution in [3.63, 3.8) is 0 Å². The van der Waals surface area contributed by atoms with Gasteiger partial charge in [0.1, 0.15) is 5.82 Å². The number of amides is 2. The van der Waals surface area contributed by atoms with Crippen LogP contribution in [0.25, 0.3) is 0 Å². The number of likely N-dealkylation sites (N-methyl/N-ethyl adjacent to an activating group) is 2. The summed E-state index contributed by atoms with van der Waals surface area (Å²) in [6.07, 6.45) is -0.392. The number of phenols is 1. The third-order valence-electron chi connectivity index (χ3n) is 9.29. The topological polar surface area (TPSA) is 187 Å². The predicted molar refractivity (Wildman–Crippen MR) is 140 cm³/mol. The Morgan fingerprint density at radius 1 is 1.15 bits per heavy atom. The lowest BCUT2D eigenvalue weighted by Crippen LogP contribution is -2.74. The molecule has 12 nitrogen and oxygen atoms in total. The van der Waals surface area contributed by atoms with Crippen LogP contribution in [0.4, 0.5) is 10.1 Å². The number of nitrogens with one attached hydrogen (secondary N) is 1. The maximum absolute atomic E-state index is 16.2. The summed E-state index contributed by atoms with van der Waals surface area (Å²) in [6, 6.07) is -1.90. The number of aromatic hydroxyl groups is 1. The van der Waals surface area contributed by atoms with E-state index in [0.29, 0.717) is 0 Å². The van der Waals surface area contributed by atoms with Crippen LogP contribution in [-0.2, 0) is 36.9 Å². The quantitative estimate of drug-likeness (QED) is 0.269. The van der Waals surface area contributed by atoms with Gasteiger partial charge in [-0.15, -0.1) is 0 Å². The molecule has 0 saturated heterocycles.